The second-order valence-corrected chi connectivity index (χ2v) is 5.74. The fourth-order valence-electron chi connectivity index (χ4n) is 1.81. The van der Waals surface area contributed by atoms with Crippen molar-refractivity contribution in [1.82, 2.24) is 5.32 Å². The molecule has 1 aromatic rings. The highest BCUT2D eigenvalue weighted by Crippen LogP contribution is 2.36. The molecular weight excluding hydrogens is 247 g/mol. The predicted octanol–water partition coefficient (Wildman–Crippen LogP) is 3.82. The Labute approximate surface area is 103 Å². The second kappa shape index (κ2) is 4.90. The van der Waals surface area contributed by atoms with Crippen LogP contribution in [0.15, 0.2) is 24.3 Å². The number of hydrogen-bond acceptors (Lipinski definition) is 2. The van der Waals surface area contributed by atoms with E-state index >= 15 is 0 Å². The third kappa shape index (κ3) is 3.16. The van der Waals surface area contributed by atoms with Crippen molar-refractivity contribution in [3.05, 3.63) is 35.4 Å². The number of nitrogens with one attached hydrogen (secondary N) is 1. The molecule has 2 rings (SSSR count). The lowest BCUT2D eigenvalue weighted by Crippen LogP contribution is -2.28. The minimum atomic E-state index is -4.25. The van der Waals surface area contributed by atoms with Crippen LogP contribution in [0.2, 0.25) is 0 Å². The number of rotatable bonds is 1. The van der Waals surface area contributed by atoms with Crippen LogP contribution in [-0.4, -0.2) is 11.8 Å². The van der Waals surface area contributed by atoms with Gasteiger partial charge < -0.3 is 5.32 Å². The molecule has 1 aliphatic rings. The molecule has 1 aliphatic heterocycles. The molecule has 17 heavy (non-hydrogen) atoms. The minimum absolute atomic E-state index is 0.112. The van der Waals surface area contributed by atoms with Gasteiger partial charge in [0.2, 0.25) is 0 Å². The van der Waals surface area contributed by atoms with Crippen LogP contribution in [0.1, 0.15) is 29.8 Å². The van der Waals surface area contributed by atoms with Crippen molar-refractivity contribution < 1.29 is 13.2 Å². The molecule has 0 bridgehead atoms. The maximum atomic E-state index is 12.4. The van der Waals surface area contributed by atoms with Crippen molar-refractivity contribution in [2.24, 2.45) is 0 Å². The lowest BCUT2D eigenvalue weighted by molar-refractivity contribution is -0.137. The number of hydrogen-bond donors (Lipinski definition) is 1. The summed E-state index contributed by atoms with van der Waals surface area (Å²) < 4.78 is 37.2. The lowest BCUT2D eigenvalue weighted by Gasteiger charge is -2.28. The van der Waals surface area contributed by atoms with Crippen LogP contribution in [0.3, 0.4) is 0 Å². The maximum Gasteiger partial charge on any atom is 0.416 e. The van der Waals surface area contributed by atoms with Gasteiger partial charge in [-0.3, -0.25) is 0 Å². The predicted molar refractivity (Wildman–Crippen MR) is 63.9 cm³/mol. The zero-order chi connectivity index (χ0) is 12.5. The molecule has 0 amide bonds. The van der Waals surface area contributed by atoms with Crippen molar-refractivity contribution in [3.63, 3.8) is 0 Å². The Hall–Kier alpha value is -0.680. The molecule has 2 atom stereocenters. The van der Waals surface area contributed by atoms with Crippen molar-refractivity contribution in [1.29, 1.82) is 0 Å². The molecule has 1 N–H and O–H groups in total. The third-order valence-electron chi connectivity index (χ3n) is 2.79. The summed E-state index contributed by atoms with van der Waals surface area (Å²) in [6, 6.07) is 5.42. The molecule has 1 heterocycles. The van der Waals surface area contributed by atoms with Crippen LogP contribution in [0, 0.1) is 0 Å². The first-order valence-electron chi connectivity index (χ1n) is 5.53. The highest BCUT2D eigenvalue weighted by atomic mass is 32.2. The first-order chi connectivity index (χ1) is 7.97. The quantitative estimate of drug-likeness (QED) is 0.824. The van der Waals surface area contributed by atoms with E-state index in [-0.39, 0.29) is 5.37 Å². The van der Waals surface area contributed by atoms with Crippen LogP contribution in [0.4, 0.5) is 13.2 Å². The van der Waals surface area contributed by atoms with E-state index in [2.05, 4.69) is 12.2 Å². The minimum Gasteiger partial charge on any atom is -0.302 e. The average molecular weight is 261 g/mol. The summed E-state index contributed by atoms with van der Waals surface area (Å²) in [5.74, 6) is 0. The molecule has 0 saturated carbocycles. The van der Waals surface area contributed by atoms with E-state index in [1.807, 2.05) is 0 Å². The molecule has 5 heteroatoms. The Balaban J connectivity index is 2.12. The Morgan fingerprint density at radius 2 is 1.88 bits per heavy atom. The van der Waals surface area contributed by atoms with Crippen molar-refractivity contribution in [2.45, 2.75) is 30.1 Å². The second-order valence-electron chi connectivity index (χ2n) is 4.19. The maximum absolute atomic E-state index is 12.4. The molecule has 0 aliphatic carbocycles. The van der Waals surface area contributed by atoms with Gasteiger partial charge in [0.25, 0.3) is 0 Å². The summed E-state index contributed by atoms with van der Waals surface area (Å²) in [7, 11) is 0. The smallest absolute Gasteiger partial charge is 0.302 e. The monoisotopic (exact) mass is 261 g/mol. The van der Waals surface area contributed by atoms with Gasteiger partial charge in [0, 0.05) is 5.25 Å². The Kier molecular flexibility index (Phi) is 3.68. The van der Waals surface area contributed by atoms with Gasteiger partial charge in [-0.2, -0.15) is 13.2 Å². The van der Waals surface area contributed by atoms with Gasteiger partial charge in [-0.05, 0) is 30.7 Å². The van der Waals surface area contributed by atoms with E-state index in [0.717, 1.165) is 30.7 Å². The summed E-state index contributed by atoms with van der Waals surface area (Å²) in [5.41, 5.74) is 0.324. The molecule has 0 spiro atoms. The summed E-state index contributed by atoms with van der Waals surface area (Å²) in [6.07, 6.45) is -3.15. The van der Waals surface area contributed by atoms with Gasteiger partial charge in [-0.15, -0.1) is 11.8 Å². The molecule has 1 aromatic carbocycles. The average Bonchev–Trinajstić information content (AvgIpc) is 2.28. The van der Waals surface area contributed by atoms with E-state index in [1.54, 1.807) is 23.9 Å². The van der Waals surface area contributed by atoms with Crippen LogP contribution < -0.4 is 5.32 Å². The van der Waals surface area contributed by atoms with Crippen LogP contribution in [0.5, 0.6) is 0 Å². The van der Waals surface area contributed by atoms with Gasteiger partial charge in [0.1, 0.15) is 0 Å². The third-order valence-corrected chi connectivity index (χ3v) is 4.20. The van der Waals surface area contributed by atoms with Gasteiger partial charge >= 0.3 is 6.18 Å². The Bertz CT molecular complexity index is 374. The van der Waals surface area contributed by atoms with E-state index < -0.39 is 11.7 Å². The lowest BCUT2D eigenvalue weighted by atomic mass is 10.1. The normalized spacial score (nSPS) is 25.9. The van der Waals surface area contributed by atoms with Crippen molar-refractivity contribution in [3.8, 4) is 0 Å². The first kappa shape index (κ1) is 12.8. The zero-order valence-corrected chi connectivity index (χ0v) is 10.2. The van der Waals surface area contributed by atoms with Gasteiger partial charge in [0.05, 0.1) is 10.9 Å². The van der Waals surface area contributed by atoms with E-state index in [9.17, 15) is 13.2 Å². The first-order valence-corrected chi connectivity index (χ1v) is 6.47. The molecule has 94 valence electrons. The number of benzene rings is 1. The number of halogens is 3. The van der Waals surface area contributed by atoms with Crippen molar-refractivity contribution in [2.75, 3.05) is 6.54 Å². The van der Waals surface area contributed by atoms with Gasteiger partial charge in [-0.25, -0.2) is 0 Å². The SMILES string of the molecule is CC1CCNC(c2ccc(C(F)(F)F)cc2)S1. The van der Waals surface area contributed by atoms with Gasteiger partial charge in [-0.1, -0.05) is 19.1 Å². The van der Waals surface area contributed by atoms with Crippen LogP contribution in [-0.2, 0) is 6.18 Å². The van der Waals surface area contributed by atoms with Crippen molar-refractivity contribution >= 4 is 11.8 Å². The summed E-state index contributed by atoms with van der Waals surface area (Å²) in [4.78, 5) is 0. The largest absolute Gasteiger partial charge is 0.416 e. The molecule has 0 radical (unpaired) electrons. The van der Waals surface area contributed by atoms with E-state index in [0.29, 0.717) is 5.25 Å². The fourth-order valence-corrected chi connectivity index (χ4v) is 3.06. The summed E-state index contributed by atoms with van der Waals surface area (Å²) in [5, 5.41) is 3.96. The number of alkyl halides is 3. The highest BCUT2D eigenvalue weighted by molar-refractivity contribution is 8.00. The fraction of sp³-hybridized carbons (Fsp3) is 0.500. The zero-order valence-electron chi connectivity index (χ0n) is 9.42. The van der Waals surface area contributed by atoms with E-state index in [1.165, 1.54) is 0 Å². The summed E-state index contributed by atoms with van der Waals surface area (Å²) in [6.45, 7) is 3.06. The number of thioether (sulfide) groups is 1. The topological polar surface area (TPSA) is 12.0 Å². The molecule has 2 unspecified atom stereocenters. The Morgan fingerprint density at radius 3 is 2.41 bits per heavy atom. The molecule has 1 fully saturated rings. The molecular formula is C12H14F3NS. The standard InChI is InChI=1S/C12H14F3NS/c1-8-6-7-16-11(17-8)9-2-4-10(5-3-9)12(13,14)15/h2-5,8,11,16H,6-7H2,1H3. The van der Waals surface area contributed by atoms with Crippen LogP contribution in [0.25, 0.3) is 0 Å². The van der Waals surface area contributed by atoms with Gasteiger partial charge in [0.15, 0.2) is 0 Å². The molecule has 1 saturated heterocycles. The Morgan fingerprint density at radius 1 is 1.24 bits per heavy atom. The molecule has 1 nitrogen and oxygen atoms in total. The molecule has 0 aromatic heterocycles. The van der Waals surface area contributed by atoms with E-state index in [4.69, 9.17) is 0 Å². The highest BCUT2D eigenvalue weighted by Gasteiger charge is 2.30. The summed E-state index contributed by atoms with van der Waals surface area (Å²) >= 11 is 1.76. The van der Waals surface area contributed by atoms with Crippen LogP contribution >= 0.6 is 11.8 Å².